The summed E-state index contributed by atoms with van der Waals surface area (Å²) in [6.45, 7) is 14.2. The van der Waals surface area contributed by atoms with Crippen LogP contribution >= 0.6 is 15.6 Å². The standard InChI is InChI=1S/C73H142O17P2/c1-9-65(7)51-43-35-27-23-24-30-40-48-56-73(78)90-68(59-83-70(75)53-45-37-28-21-17-13-11-15-19-25-33-41-49-63(3)4)61-87-91(79,80)85-57-67(74)58-86-92(81,82)88-62-69(60-84-71(76)54-46-38-32-31-36-44-52-66(8)10-2)89-72(77)55-47-39-29-22-18-14-12-16-20-26-34-42-50-64(5)6/h63-69,74H,9-62H2,1-8H3,(H,79,80)(H,81,82)/t65?,66?,67-,68-,69-/m1/s1. The van der Waals surface area contributed by atoms with Crippen LogP contribution in [-0.4, -0.2) is 96.7 Å². The Morgan fingerprint density at radius 2 is 0.522 bits per heavy atom. The molecule has 0 aliphatic carbocycles. The van der Waals surface area contributed by atoms with Gasteiger partial charge in [0.05, 0.1) is 26.4 Å². The quantitative estimate of drug-likeness (QED) is 0.0222. The molecule has 0 aliphatic rings. The molecule has 0 aliphatic heterocycles. The van der Waals surface area contributed by atoms with E-state index in [1.165, 1.54) is 161 Å². The molecule has 0 saturated carbocycles. The minimum atomic E-state index is -4.95. The van der Waals surface area contributed by atoms with Crippen LogP contribution in [0.3, 0.4) is 0 Å². The highest BCUT2D eigenvalue weighted by Crippen LogP contribution is 2.45. The summed E-state index contributed by atoms with van der Waals surface area (Å²) in [5.74, 6) is 0.932. The molecule has 0 spiro atoms. The molecule has 0 fully saturated rings. The van der Waals surface area contributed by atoms with Crippen LogP contribution in [0.5, 0.6) is 0 Å². The fourth-order valence-corrected chi connectivity index (χ4v) is 12.5. The van der Waals surface area contributed by atoms with E-state index in [9.17, 15) is 43.2 Å². The molecule has 92 heavy (non-hydrogen) atoms. The molecule has 0 radical (unpaired) electrons. The van der Waals surface area contributed by atoms with Crippen LogP contribution in [0, 0.1) is 23.7 Å². The van der Waals surface area contributed by atoms with Gasteiger partial charge >= 0.3 is 39.5 Å². The molecule has 0 rings (SSSR count). The van der Waals surface area contributed by atoms with Crippen LogP contribution in [0.25, 0.3) is 0 Å². The third kappa shape index (κ3) is 64.1. The van der Waals surface area contributed by atoms with Crippen LogP contribution in [0.2, 0.25) is 0 Å². The second kappa shape index (κ2) is 62.6. The number of rotatable bonds is 70. The largest absolute Gasteiger partial charge is 0.472 e. The van der Waals surface area contributed by atoms with Gasteiger partial charge in [0, 0.05) is 25.7 Å². The van der Waals surface area contributed by atoms with Crippen molar-refractivity contribution in [2.75, 3.05) is 39.6 Å². The predicted octanol–water partition coefficient (Wildman–Crippen LogP) is 20.9. The van der Waals surface area contributed by atoms with Gasteiger partial charge in [-0.05, 0) is 49.4 Å². The molecule has 7 atom stereocenters. The molecule has 0 bridgehead atoms. The maximum absolute atomic E-state index is 13.0. The van der Waals surface area contributed by atoms with Crippen LogP contribution in [0.15, 0.2) is 0 Å². The second-order valence-electron chi connectivity index (χ2n) is 27.8. The fraction of sp³-hybridized carbons (Fsp3) is 0.945. The summed E-state index contributed by atoms with van der Waals surface area (Å²) in [7, 11) is -9.91. The molecule has 0 aromatic heterocycles. The average molecular weight is 1350 g/mol. The SMILES string of the molecule is CCC(C)CCCCCCCCCCC(=O)O[C@H](COC(=O)CCCCCCCCCCCCCCC(C)C)COP(=O)(O)OC[C@@H](O)COP(=O)(O)OC[C@@H](COC(=O)CCCCCCCCC(C)CC)OC(=O)CCCCCCCCCCCCCCC(C)C. The van der Waals surface area contributed by atoms with Crippen molar-refractivity contribution in [1.29, 1.82) is 0 Å². The minimum Gasteiger partial charge on any atom is -0.462 e. The van der Waals surface area contributed by atoms with Crippen molar-refractivity contribution in [3.05, 3.63) is 0 Å². The number of aliphatic hydroxyl groups excluding tert-OH is 1. The number of phosphoric acid groups is 2. The van der Waals surface area contributed by atoms with Gasteiger partial charge in [-0.3, -0.25) is 37.3 Å². The van der Waals surface area contributed by atoms with E-state index in [4.69, 9.17) is 37.0 Å². The van der Waals surface area contributed by atoms with Crippen molar-refractivity contribution in [2.24, 2.45) is 23.7 Å². The summed E-state index contributed by atoms with van der Waals surface area (Å²) in [4.78, 5) is 72.7. The monoisotopic (exact) mass is 1350 g/mol. The fourth-order valence-electron chi connectivity index (χ4n) is 11.0. The molecule has 3 N–H and O–H groups in total. The van der Waals surface area contributed by atoms with E-state index in [1.54, 1.807) is 0 Å². The lowest BCUT2D eigenvalue weighted by molar-refractivity contribution is -0.161. The van der Waals surface area contributed by atoms with E-state index in [1.807, 2.05) is 0 Å². The zero-order valence-electron chi connectivity index (χ0n) is 60.2. The second-order valence-corrected chi connectivity index (χ2v) is 30.7. The zero-order valence-corrected chi connectivity index (χ0v) is 62.0. The summed E-state index contributed by atoms with van der Waals surface area (Å²) in [6, 6.07) is 0. The van der Waals surface area contributed by atoms with Gasteiger partial charge in [0.1, 0.15) is 19.3 Å². The number of phosphoric ester groups is 2. The van der Waals surface area contributed by atoms with Crippen molar-refractivity contribution >= 4 is 39.5 Å². The van der Waals surface area contributed by atoms with E-state index in [-0.39, 0.29) is 25.7 Å². The molecule has 17 nitrogen and oxygen atoms in total. The summed E-state index contributed by atoms with van der Waals surface area (Å²) in [5.41, 5.74) is 0. The van der Waals surface area contributed by atoms with Crippen molar-refractivity contribution in [3.8, 4) is 0 Å². The Morgan fingerprint density at radius 3 is 0.772 bits per heavy atom. The van der Waals surface area contributed by atoms with Crippen LogP contribution in [-0.2, 0) is 65.4 Å². The molecule has 0 saturated heterocycles. The van der Waals surface area contributed by atoms with E-state index in [0.29, 0.717) is 25.7 Å². The third-order valence-corrected chi connectivity index (χ3v) is 19.4. The summed E-state index contributed by atoms with van der Waals surface area (Å²) in [5, 5.41) is 10.6. The Kier molecular flexibility index (Phi) is 61.3. The first-order chi connectivity index (χ1) is 44.2. The van der Waals surface area contributed by atoms with Gasteiger partial charge in [0.15, 0.2) is 12.2 Å². The topological polar surface area (TPSA) is 237 Å². The molecule has 546 valence electrons. The average Bonchev–Trinajstić information content (AvgIpc) is 2.73. The molecule has 19 heteroatoms. The number of carbonyl (C=O) groups excluding carboxylic acids is 4. The van der Waals surface area contributed by atoms with Crippen LogP contribution in [0.4, 0.5) is 0 Å². The maximum atomic E-state index is 13.0. The number of carbonyl (C=O) groups is 4. The summed E-state index contributed by atoms with van der Waals surface area (Å²) < 4.78 is 68.4. The van der Waals surface area contributed by atoms with Crippen molar-refractivity contribution in [3.63, 3.8) is 0 Å². The van der Waals surface area contributed by atoms with Crippen molar-refractivity contribution in [2.45, 2.75) is 382 Å². The van der Waals surface area contributed by atoms with E-state index in [0.717, 1.165) is 120 Å². The molecular weight excluding hydrogens is 1210 g/mol. The predicted molar refractivity (Wildman–Crippen MR) is 372 cm³/mol. The lowest BCUT2D eigenvalue weighted by Gasteiger charge is -2.21. The molecular formula is C73H142O17P2. The Morgan fingerprint density at radius 1 is 0.304 bits per heavy atom. The normalized spacial score (nSPS) is 14.8. The highest BCUT2D eigenvalue weighted by Gasteiger charge is 2.30. The Bertz CT molecular complexity index is 1820. The van der Waals surface area contributed by atoms with Gasteiger partial charge in [0.25, 0.3) is 0 Å². The molecule has 0 amide bonds. The Balaban J connectivity index is 5.26. The molecule has 0 heterocycles. The molecule has 0 aromatic rings. The number of ether oxygens (including phenoxy) is 4. The van der Waals surface area contributed by atoms with Gasteiger partial charge in [-0.1, -0.05) is 312 Å². The zero-order chi connectivity index (χ0) is 68.2. The van der Waals surface area contributed by atoms with Gasteiger partial charge in [-0.15, -0.1) is 0 Å². The number of hydrogen-bond acceptors (Lipinski definition) is 15. The van der Waals surface area contributed by atoms with E-state index in [2.05, 4.69) is 55.4 Å². The van der Waals surface area contributed by atoms with E-state index >= 15 is 0 Å². The highest BCUT2D eigenvalue weighted by molar-refractivity contribution is 7.47. The van der Waals surface area contributed by atoms with Crippen LogP contribution in [0.1, 0.15) is 364 Å². The number of esters is 4. The van der Waals surface area contributed by atoms with Crippen molar-refractivity contribution < 1.29 is 80.2 Å². The summed E-state index contributed by atoms with van der Waals surface area (Å²) in [6.07, 6.45) is 45.7. The minimum absolute atomic E-state index is 0.104. The first kappa shape index (κ1) is 90.1. The summed E-state index contributed by atoms with van der Waals surface area (Å²) >= 11 is 0. The number of hydrogen-bond donors (Lipinski definition) is 3. The lowest BCUT2D eigenvalue weighted by atomic mass is 9.99. The molecule has 0 aromatic carbocycles. The molecule has 4 unspecified atom stereocenters. The van der Waals surface area contributed by atoms with Gasteiger partial charge in [-0.2, -0.15) is 0 Å². The first-order valence-corrected chi connectivity index (χ1v) is 40.8. The van der Waals surface area contributed by atoms with Crippen LogP contribution < -0.4 is 0 Å². The third-order valence-electron chi connectivity index (χ3n) is 17.5. The highest BCUT2D eigenvalue weighted by atomic mass is 31.2. The lowest BCUT2D eigenvalue weighted by Crippen LogP contribution is -2.30. The van der Waals surface area contributed by atoms with E-state index < -0.39 is 97.5 Å². The van der Waals surface area contributed by atoms with Gasteiger partial charge in [0.2, 0.25) is 0 Å². The van der Waals surface area contributed by atoms with Gasteiger partial charge < -0.3 is 33.8 Å². The Hall–Kier alpha value is -1.94. The van der Waals surface area contributed by atoms with Gasteiger partial charge in [-0.25, -0.2) is 9.13 Å². The number of aliphatic hydroxyl groups is 1. The maximum Gasteiger partial charge on any atom is 0.472 e. The first-order valence-electron chi connectivity index (χ1n) is 37.8. The Labute approximate surface area is 562 Å². The number of unbranched alkanes of at least 4 members (excludes halogenated alkanes) is 34. The smallest absolute Gasteiger partial charge is 0.462 e. The van der Waals surface area contributed by atoms with Crippen molar-refractivity contribution in [1.82, 2.24) is 0 Å².